The number of benzene rings is 3. The summed E-state index contributed by atoms with van der Waals surface area (Å²) < 4.78 is 13.3. The van der Waals surface area contributed by atoms with Crippen molar-refractivity contribution in [1.82, 2.24) is 0 Å². The van der Waals surface area contributed by atoms with Crippen molar-refractivity contribution in [3.8, 4) is 6.07 Å². The lowest BCUT2D eigenvalue weighted by Gasteiger charge is -2.18. The third-order valence-electron chi connectivity index (χ3n) is 5.13. The van der Waals surface area contributed by atoms with E-state index in [1.165, 1.54) is 28.8 Å². The molecule has 4 rings (SSSR count). The van der Waals surface area contributed by atoms with E-state index >= 15 is 0 Å². The van der Waals surface area contributed by atoms with Crippen molar-refractivity contribution in [3.63, 3.8) is 0 Å². The Bertz CT molecular complexity index is 1270. The molecule has 1 N–H and O–H groups in total. The van der Waals surface area contributed by atoms with Crippen LogP contribution in [0.25, 0.3) is 0 Å². The standard InChI is InChI=1S/C26H20FN3O2S/c1-17-6-5-7-20(14-17)29-24(31)22(16-28)26-30(21-8-3-2-4-9-21)25(32)23(33-26)15-18-10-12-19(27)13-11-18/h2-14,23H,15H2,1H3,(H,29,31). The molecule has 0 aliphatic carbocycles. The maximum atomic E-state index is 13.4. The average Bonchev–Trinajstić information content (AvgIpc) is 3.12. The summed E-state index contributed by atoms with van der Waals surface area (Å²) in [5, 5.41) is 12.4. The minimum atomic E-state index is -0.582. The molecule has 0 radical (unpaired) electrons. The molecule has 0 aromatic heterocycles. The van der Waals surface area contributed by atoms with Crippen molar-refractivity contribution in [1.29, 1.82) is 5.26 Å². The molecule has 0 spiro atoms. The van der Waals surface area contributed by atoms with Crippen molar-refractivity contribution >= 4 is 35.0 Å². The number of nitrogens with zero attached hydrogens (tertiary/aromatic N) is 2. The van der Waals surface area contributed by atoms with Crippen LogP contribution in [0.5, 0.6) is 0 Å². The summed E-state index contributed by atoms with van der Waals surface area (Å²) in [7, 11) is 0. The summed E-state index contributed by atoms with van der Waals surface area (Å²) in [5.74, 6) is -1.17. The molecule has 7 heteroatoms. The molecule has 2 amide bonds. The second-order valence-electron chi connectivity index (χ2n) is 7.56. The quantitative estimate of drug-likeness (QED) is 0.422. The molecule has 0 bridgehead atoms. The minimum absolute atomic E-state index is 0.139. The molecular formula is C26H20FN3O2S. The molecular weight excluding hydrogens is 437 g/mol. The van der Waals surface area contributed by atoms with Gasteiger partial charge in [0.2, 0.25) is 5.91 Å². The number of carbonyl (C=O) groups is 2. The van der Waals surface area contributed by atoms with Gasteiger partial charge in [-0.15, -0.1) is 0 Å². The molecule has 1 fully saturated rings. The van der Waals surface area contributed by atoms with Gasteiger partial charge in [0.25, 0.3) is 5.91 Å². The molecule has 1 atom stereocenters. The highest BCUT2D eigenvalue weighted by molar-refractivity contribution is 8.05. The van der Waals surface area contributed by atoms with Crippen LogP contribution in [0.2, 0.25) is 0 Å². The number of amides is 2. The number of rotatable bonds is 5. The van der Waals surface area contributed by atoms with E-state index in [0.717, 1.165) is 11.1 Å². The third-order valence-corrected chi connectivity index (χ3v) is 6.39. The topological polar surface area (TPSA) is 73.2 Å². The van der Waals surface area contributed by atoms with Crippen LogP contribution in [0.1, 0.15) is 11.1 Å². The molecule has 1 heterocycles. The summed E-state index contributed by atoms with van der Waals surface area (Å²) >= 11 is 1.17. The maximum absolute atomic E-state index is 13.4. The predicted molar refractivity (Wildman–Crippen MR) is 128 cm³/mol. The minimum Gasteiger partial charge on any atom is -0.321 e. The first-order chi connectivity index (χ1) is 16.0. The molecule has 0 saturated carbocycles. The molecule has 1 aliphatic heterocycles. The molecule has 1 aliphatic rings. The van der Waals surface area contributed by atoms with Gasteiger partial charge in [0, 0.05) is 11.4 Å². The molecule has 33 heavy (non-hydrogen) atoms. The Kier molecular flexibility index (Phi) is 6.57. The van der Waals surface area contributed by atoms with Crippen molar-refractivity contribution < 1.29 is 14.0 Å². The van der Waals surface area contributed by atoms with Crippen molar-refractivity contribution in [3.05, 3.63) is 106 Å². The van der Waals surface area contributed by atoms with Gasteiger partial charge in [0.1, 0.15) is 22.5 Å². The van der Waals surface area contributed by atoms with Gasteiger partial charge in [-0.3, -0.25) is 14.5 Å². The fraction of sp³-hybridized carbons (Fsp3) is 0.115. The number of aryl methyl sites for hydroxylation is 1. The number of halogens is 1. The van der Waals surface area contributed by atoms with Gasteiger partial charge < -0.3 is 5.32 Å². The van der Waals surface area contributed by atoms with Gasteiger partial charge in [-0.2, -0.15) is 5.26 Å². The molecule has 3 aromatic carbocycles. The second-order valence-corrected chi connectivity index (χ2v) is 8.75. The lowest BCUT2D eigenvalue weighted by molar-refractivity contribution is -0.117. The number of nitrogens with one attached hydrogen (secondary N) is 1. The Labute approximate surface area is 195 Å². The maximum Gasteiger partial charge on any atom is 0.269 e. The van der Waals surface area contributed by atoms with Crippen LogP contribution in [-0.2, 0) is 16.0 Å². The highest BCUT2D eigenvalue weighted by Gasteiger charge is 2.40. The fourth-order valence-corrected chi connectivity index (χ4v) is 4.86. The van der Waals surface area contributed by atoms with Gasteiger partial charge in [0.05, 0.1) is 5.25 Å². The zero-order valence-corrected chi connectivity index (χ0v) is 18.6. The van der Waals surface area contributed by atoms with Crippen LogP contribution in [-0.4, -0.2) is 17.1 Å². The van der Waals surface area contributed by atoms with Crippen molar-refractivity contribution in [2.75, 3.05) is 10.2 Å². The van der Waals surface area contributed by atoms with Gasteiger partial charge in [-0.25, -0.2) is 4.39 Å². The van der Waals surface area contributed by atoms with Crippen LogP contribution < -0.4 is 10.2 Å². The highest BCUT2D eigenvalue weighted by atomic mass is 32.2. The molecule has 1 saturated heterocycles. The fourth-order valence-electron chi connectivity index (χ4n) is 3.55. The van der Waals surface area contributed by atoms with Crippen LogP contribution in [0.3, 0.4) is 0 Å². The van der Waals surface area contributed by atoms with Crippen LogP contribution >= 0.6 is 11.8 Å². The number of nitriles is 1. The Morgan fingerprint density at radius 3 is 2.48 bits per heavy atom. The zero-order valence-electron chi connectivity index (χ0n) is 17.8. The van der Waals surface area contributed by atoms with E-state index in [1.54, 1.807) is 48.5 Å². The molecule has 164 valence electrons. The summed E-state index contributed by atoms with van der Waals surface area (Å²) in [5.41, 5.74) is 2.76. The summed E-state index contributed by atoms with van der Waals surface area (Å²) in [4.78, 5) is 27.9. The monoisotopic (exact) mass is 457 g/mol. The third kappa shape index (κ3) is 4.97. The lowest BCUT2D eigenvalue weighted by Crippen LogP contribution is -2.30. The Hall–Kier alpha value is -3.89. The largest absolute Gasteiger partial charge is 0.321 e. The second kappa shape index (κ2) is 9.72. The number of hydrogen-bond acceptors (Lipinski definition) is 4. The van der Waals surface area contributed by atoms with Crippen LogP contribution in [0.15, 0.2) is 89.5 Å². The summed E-state index contributed by atoms with van der Waals surface area (Å²) in [6.45, 7) is 1.90. The number of hydrogen-bond donors (Lipinski definition) is 1. The first-order valence-corrected chi connectivity index (χ1v) is 11.2. The first kappa shape index (κ1) is 22.3. The first-order valence-electron chi connectivity index (χ1n) is 10.3. The van der Waals surface area contributed by atoms with Crippen LogP contribution in [0.4, 0.5) is 15.8 Å². The van der Waals surface area contributed by atoms with Gasteiger partial charge >= 0.3 is 0 Å². The van der Waals surface area contributed by atoms with E-state index < -0.39 is 11.2 Å². The Balaban J connectivity index is 1.71. The van der Waals surface area contributed by atoms with Crippen LogP contribution in [0, 0.1) is 24.1 Å². The highest BCUT2D eigenvalue weighted by Crippen LogP contribution is 2.42. The van der Waals surface area contributed by atoms with Gasteiger partial charge in [-0.05, 0) is 60.9 Å². The average molecular weight is 458 g/mol. The Morgan fingerprint density at radius 2 is 1.82 bits per heavy atom. The number of anilines is 2. The molecule has 3 aromatic rings. The zero-order chi connectivity index (χ0) is 23.4. The van der Waals surface area contributed by atoms with E-state index in [1.807, 2.05) is 31.2 Å². The van der Waals surface area contributed by atoms with E-state index in [4.69, 9.17) is 0 Å². The number of para-hydroxylation sites is 1. The van der Waals surface area contributed by atoms with Crippen molar-refractivity contribution in [2.45, 2.75) is 18.6 Å². The molecule has 5 nitrogen and oxygen atoms in total. The summed E-state index contributed by atoms with van der Waals surface area (Å²) in [6.07, 6.45) is 0.342. The van der Waals surface area contributed by atoms with E-state index in [-0.39, 0.29) is 22.3 Å². The lowest BCUT2D eigenvalue weighted by atomic mass is 10.1. The normalized spacial score (nSPS) is 16.9. The van der Waals surface area contributed by atoms with E-state index in [9.17, 15) is 19.2 Å². The predicted octanol–water partition coefficient (Wildman–Crippen LogP) is 5.20. The number of thioether (sulfide) groups is 1. The molecule has 1 unspecified atom stereocenters. The van der Waals surface area contributed by atoms with Gasteiger partial charge in [-0.1, -0.05) is 54.2 Å². The number of carbonyl (C=O) groups excluding carboxylic acids is 2. The van der Waals surface area contributed by atoms with E-state index in [0.29, 0.717) is 17.8 Å². The van der Waals surface area contributed by atoms with Gasteiger partial charge in [0.15, 0.2) is 0 Å². The van der Waals surface area contributed by atoms with Crippen molar-refractivity contribution in [2.24, 2.45) is 0 Å². The summed E-state index contributed by atoms with van der Waals surface area (Å²) in [6, 6.07) is 24.1. The van der Waals surface area contributed by atoms with E-state index in [2.05, 4.69) is 5.32 Å². The Morgan fingerprint density at radius 1 is 1.09 bits per heavy atom. The smallest absolute Gasteiger partial charge is 0.269 e. The SMILES string of the molecule is Cc1cccc(NC(=O)C(C#N)=C2SC(Cc3ccc(F)cc3)C(=O)N2c2ccccc2)c1.